The number of thiophene rings is 1. The molecule has 3 aromatic rings. The SMILES string of the molecule is Cl.Cn1cncc1C#Cc1ccc(Cn2cnn(C/C(=C/F)CN)c2=O)s1. The third kappa shape index (κ3) is 4.95. The first-order valence-electron chi connectivity index (χ1n) is 7.78. The molecule has 0 spiro atoms. The van der Waals surface area contributed by atoms with Gasteiger partial charge in [-0.1, -0.05) is 0 Å². The summed E-state index contributed by atoms with van der Waals surface area (Å²) < 4.78 is 17.1. The molecule has 0 atom stereocenters. The second-order valence-electron chi connectivity index (χ2n) is 5.58. The zero-order chi connectivity index (χ0) is 18.5. The molecule has 7 nitrogen and oxygen atoms in total. The van der Waals surface area contributed by atoms with Gasteiger partial charge in [0.1, 0.15) is 12.0 Å². The number of imidazole rings is 1. The van der Waals surface area contributed by atoms with Gasteiger partial charge in [-0.15, -0.1) is 23.7 Å². The maximum atomic E-state index is 12.6. The molecule has 0 aliphatic carbocycles. The summed E-state index contributed by atoms with van der Waals surface area (Å²) in [7, 11) is 1.88. The fourth-order valence-electron chi connectivity index (χ4n) is 2.23. The molecular weight excluding hydrogens is 391 g/mol. The maximum absolute atomic E-state index is 12.6. The van der Waals surface area contributed by atoms with Crippen LogP contribution in [0.15, 0.2) is 47.7 Å². The van der Waals surface area contributed by atoms with Gasteiger partial charge in [0.05, 0.1) is 36.8 Å². The van der Waals surface area contributed by atoms with Gasteiger partial charge >= 0.3 is 5.69 Å². The first kappa shape index (κ1) is 20.6. The molecule has 3 rings (SSSR count). The molecule has 0 fully saturated rings. The third-order valence-corrected chi connectivity index (χ3v) is 4.67. The molecule has 3 heterocycles. The monoisotopic (exact) mass is 408 g/mol. The Labute approximate surface area is 165 Å². The lowest BCUT2D eigenvalue weighted by atomic mass is 10.3. The molecule has 2 N–H and O–H groups in total. The van der Waals surface area contributed by atoms with Crippen LogP contribution in [0.2, 0.25) is 0 Å². The van der Waals surface area contributed by atoms with E-state index >= 15 is 0 Å². The molecule has 10 heteroatoms. The van der Waals surface area contributed by atoms with Crippen LogP contribution in [-0.2, 0) is 20.1 Å². The first-order valence-corrected chi connectivity index (χ1v) is 8.60. The summed E-state index contributed by atoms with van der Waals surface area (Å²) in [5.41, 5.74) is 6.24. The summed E-state index contributed by atoms with van der Waals surface area (Å²) in [5, 5.41) is 4.01. The van der Waals surface area contributed by atoms with Gasteiger partial charge in [0.2, 0.25) is 0 Å². The standard InChI is InChI=1S/C17H17FN6OS.ClH/c1-22-11-20-8-14(22)2-3-15-4-5-16(26-15)10-23-12-21-24(17(23)25)9-13(6-18)7-19;/h4-6,8,11-12H,7,9-10,19H2,1H3;1H/b13-6+;. The summed E-state index contributed by atoms with van der Waals surface area (Å²) in [4.78, 5) is 18.2. The van der Waals surface area contributed by atoms with Crippen molar-refractivity contribution in [3.05, 3.63) is 68.8 Å². The minimum atomic E-state index is -0.311. The quantitative estimate of drug-likeness (QED) is 0.649. The van der Waals surface area contributed by atoms with Crippen LogP contribution in [0, 0.1) is 11.8 Å². The number of halogens is 2. The number of hydrogen-bond donors (Lipinski definition) is 1. The summed E-state index contributed by atoms with van der Waals surface area (Å²) >= 11 is 1.50. The third-order valence-electron chi connectivity index (χ3n) is 3.68. The van der Waals surface area contributed by atoms with Crippen molar-refractivity contribution in [2.45, 2.75) is 13.1 Å². The smallest absolute Gasteiger partial charge is 0.327 e. The second kappa shape index (κ2) is 9.32. The van der Waals surface area contributed by atoms with Gasteiger partial charge in [0, 0.05) is 18.5 Å². The Hall–Kier alpha value is -2.67. The van der Waals surface area contributed by atoms with E-state index in [1.807, 2.05) is 23.7 Å². The highest BCUT2D eigenvalue weighted by Gasteiger charge is 2.08. The molecule has 142 valence electrons. The summed E-state index contributed by atoms with van der Waals surface area (Å²) in [6.45, 7) is 0.471. The van der Waals surface area contributed by atoms with Gasteiger partial charge in [-0.2, -0.15) is 5.10 Å². The molecule has 0 amide bonds. The van der Waals surface area contributed by atoms with E-state index in [0.717, 1.165) is 15.4 Å². The Kier molecular flexibility index (Phi) is 7.12. The Morgan fingerprint density at radius 2 is 2.19 bits per heavy atom. The molecule has 0 bridgehead atoms. The lowest BCUT2D eigenvalue weighted by Crippen LogP contribution is -2.26. The van der Waals surface area contributed by atoms with Crippen LogP contribution in [0.25, 0.3) is 0 Å². The van der Waals surface area contributed by atoms with Crippen molar-refractivity contribution in [3.63, 3.8) is 0 Å². The van der Waals surface area contributed by atoms with Gasteiger partial charge < -0.3 is 10.3 Å². The van der Waals surface area contributed by atoms with Gasteiger partial charge in [-0.3, -0.25) is 4.57 Å². The van der Waals surface area contributed by atoms with Gasteiger partial charge in [0.15, 0.2) is 0 Å². The fraction of sp³-hybridized carbons (Fsp3) is 0.235. The van der Waals surface area contributed by atoms with Crippen molar-refractivity contribution in [3.8, 4) is 11.8 Å². The highest BCUT2D eigenvalue weighted by molar-refractivity contribution is 7.12. The van der Waals surface area contributed by atoms with E-state index in [1.54, 1.807) is 12.5 Å². The highest BCUT2D eigenvalue weighted by Crippen LogP contribution is 2.16. The normalized spacial score (nSPS) is 11.0. The second-order valence-corrected chi connectivity index (χ2v) is 6.74. The van der Waals surface area contributed by atoms with E-state index in [9.17, 15) is 9.18 Å². The average molecular weight is 409 g/mol. The van der Waals surface area contributed by atoms with Crippen LogP contribution < -0.4 is 11.4 Å². The number of aromatic nitrogens is 5. The van der Waals surface area contributed by atoms with E-state index in [-0.39, 0.29) is 31.2 Å². The molecular formula is C17H18ClFN6OS. The summed E-state index contributed by atoms with van der Waals surface area (Å²) in [5.74, 6) is 6.15. The largest absolute Gasteiger partial charge is 0.346 e. The van der Waals surface area contributed by atoms with Crippen LogP contribution in [0.1, 0.15) is 15.4 Å². The van der Waals surface area contributed by atoms with E-state index in [2.05, 4.69) is 21.9 Å². The molecule has 0 aliphatic heterocycles. The lowest BCUT2D eigenvalue weighted by molar-refractivity contribution is 0.604. The van der Waals surface area contributed by atoms with Gasteiger partial charge in [0.25, 0.3) is 0 Å². The topological polar surface area (TPSA) is 83.7 Å². The van der Waals surface area contributed by atoms with E-state index < -0.39 is 0 Å². The van der Waals surface area contributed by atoms with Crippen molar-refractivity contribution in [2.75, 3.05) is 6.54 Å². The zero-order valence-electron chi connectivity index (χ0n) is 14.5. The molecule has 0 aromatic carbocycles. The van der Waals surface area contributed by atoms with Crippen LogP contribution >= 0.6 is 23.7 Å². The number of nitrogens with zero attached hydrogens (tertiary/aromatic N) is 5. The van der Waals surface area contributed by atoms with Crippen LogP contribution in [0.3, 0.4) is 0 Å². The number of aryl methyl sites for hydroxylation is 1. The molecule has 0 unspecified atom stereocenters. The fourth-order valence-corrected chi connectivity index (χ4v) is 3.09. The predicted molar refractivity (Wildman–Crippen MR) is 105 cm³/mol. The Morgan fingerprint density at radius 3 is 2.85 bits per heavy atom. The van der Waals surface area contributed by atoms with Crippen molar-refractivity contribution in [1.82, 2.24) is 23.9 Å². The summed E-state index contributed by atoms with van der Waals surface area (Å²) in [6.07, 6.45) is 5.26. The van der Waals surface area contributed by atoms with E-state index in [4.69, 9.17) is 5.73 Å². The van der Waals surface area contributed by atoms with Gasteiger partial charge in [-0.05, 0) is 29.5 Å². The van der Waals surface area contributed by atoms with Crippen molar-refractivity contribution >= 4 is 23.7 Å². The number of rotatable bonds is 5. The van der Waals surface area contributed by atoms with Crippen molar-refractivity contribution in [1.29, 1.82) is 0 Å². The maximum Gasteiger partial charge on any atom is 0.346 e. The molecule has 0 saturated carbocycles. The number of hydrogen-bond acceptors (Lipinski definition) is 5. The van der Waals surface area contributed by atoms with E-state index in [1.165, 1.54) is 26.9 Å². The first-order chi connectivity index (χ1) is 12.6. The Balaban J connectivity index is 0.00000261. The molecule has 0 aliphatic rings. The predicted octanol–water partition coefficient (Wildman–Crippen LogP) is 1.52. The Morgan fingerprint density at radius 1 is 1.37 bits per heavy atom. The van der Waals surface area contributed by atoms with E-state index in [0.29, 0.717) is 18.4 Å². The molecule has 0 saturated heterocycles. The average Bonchev–Trinajstić information content (AvgIpc) is 3.34. The molecule has 0 radical (unpaired) electrons. The lowest BCUT2D eigenvalue weighted by Gasteiger charge is -2.01. The highest BCUT2D eigenvalue weighted by atomic mass is 35.5. The minimum Gasteiger partial charge on any atom is -0.327 e. The van der Waals surface area contributed by atoms with Crippen LogP contribution in [0.5, 0.6) is 0 Å². The van der Waals surface area contributed by atoms with Crippen molar-refractivity contribution in [2.24, 2.45) is 12.8 Å². The summed E-state index contributed by atoms with van der Waals surface area (Å²) in [6, 6.07) is 3.84. The zero-order valence-corrected chi connectivity index (χ0v) is 16.1. The number of nitrogens with two attached hydrogens (primary N) is 1. The molecule has 3 aromatic heterocycles. The molecule has 27 heavy (non-hydrogen) atoms. The van der Waals surface area contributed by atoms with Gasteiger partial charge in [-0.25, -0.2) is 18.9 Å². The Bertz CT molecular complexity index is 1050. The van der Waals surface area contributed by atoms with Crippen LogP contribution in [0.4, 0.5) is 4.39 Å². The van der Waals surface area contributed by atoms with Crippen LogP contribution in [-0.4, -0.2) is 30.4 Å². The minimum absolute atomic E-state index is 0. The van der Waals surface area contributed by atoms with Crippen molar-refractivity contribution < 1.29 is 4.39 Å².